The summed E-state index contributed by atoms with van der Waals surface area (Å²) in [4.78, 5) is 9.51. The first-order valence-corrected chi connectivity index (χ1v) is 11.4. The highest BCUT2D eigenvalue weighted by atomic mass is 32.2. The van der Waals surface area contributed by atoms with E-state index in [2.05, 4.69) is 19.8 Å². The molecule has 0 aliphatic heterocycles. The summed E-state index contributed by atoms with van der Waals surface area (Å²) in [6.45, 7) is 2.27. The monoisotopic (exact) mass is 411 g/mol. The third-order valence-electron chi connectivity index (χ3n) is 5.27. The smallest absolute Gasteiger partial charge is 0.241 e. The number of hydrogen-bond acceptors (Lipinski definition) is 5. The second kappa shape index (κ2) is 8.04. The Morgan fingerprint density at radius 3 is 2.72 bits per heavy atom. The lowest BCUT2D eigenvalue weighted by atomic mass is 9.95. The van der Waals surface area contributed by atoms with Gasteiger partial charge in [0.2, 0.25) is 10.0 Å². The zero-order valence-corrected chi connectivity index (χ0v) is 17.5. The van der Waals surface area contributed by atoms with Crippen LogP contribution in [-0.4, -0.2) is 34.7 Å². The number of hydrogen-bond donors (Lipinski definition) is 1. The fourth-order valence-electron chi connectivity index (χ4n) is 3.83. The van der Waals surface area contributed by atoms with E-state index in [0.717, 1.165) is 36.2 Å². The number of benzene rings is 1. The standard InChI is InChI=1S/C21H25N5O2S/c1-15-17-7-3-5-9-19(17)25-21(24-15)11-12-23-29(27,28)20-10-6-4-8-18(20)16-13-22-26(2)14-16/h4,6,8,10,13-14,23H,3,5,7,9,11-12H2,1-2H3. The average molecular weight is 412 g/mol. The zero-order chi connectivity index (χ0) is 20.4. The molecule has 2 heterocycles. The van der Waals surface area contributed by atoms with Gasteiger partial charge in [0.1, 0.15) is 5.82 Å². The number of aromatic nitrogens is 4. The summed E-state index contributed by atoms with van der Waals surface area (Å²) in [6, 6.07) is 6.96. The number of aryl methyl sites for hydroxylation is 3. The number of rotatable bonds is 6. The van der Waals surface area contributed by atoms with Crippen molar-refractivity contribution in [1.29, 1.82) is 0 Å². The third-order valence-corrected chi connectivity index (χ3v) is 6.79. The van der Waals surface area contributed by atoms with Gasteiger partial charge >= 0.3 is 0 Å². The summed E-state index contributed by atoms with van der Waals surface area (Å²) in [5, 5.41) is 4.15. The van der Waals surface area contributed by atoms with Crippen LogP contribution in [0.2, 0.25) is 0 Å². The lowest BCUT2D eigenvalue weighted by molar-refractivity contribution is 0.580. The molecule has 0 unspecified atom stereocenters. The minimum Gasteiger partial charge on any atom is -0.275 e. The van der Waals surface area contributed by atoms with E-state index in [1.807, 2.05) is 13.0 Å². The summed E-state index contributed by atoms with van der Waals surface area (Å²) >= 11 is 0. The lowest BCUT2D eigenvalue weighted by Gasteiger charge is -2.17. The second-order valence-electron chi connectivity index (χ2n) is 7.40. The fourth-order valence-corrected chi connectivity index (χ4v) is 5.09. The number of fused-ring (bicyclic) bond motifs is 1. The van der Waals surface area contributed by atoms with Crippen molar-refractivity contribution in [2.45, 2.75) is 43.9 Å². The average Bonchev–Trinajstić information content (AvgIpc) is 3.14. The Hall–Kier alpha value is -2.58. The van der Waals surface area contributed by atoms with Crippen LogP contribution in [0, 0.1) is 6.92 Å². The Labute approximate surface area is 171 Å². The summed E-state index contributed by atoms with van der Waals surface area (Å²) < 4.78 is 30.2. The first-order valence-electron chi connectivity index (χ1n) is 9.87. The van der Waals surface area contributed by atoms with Gasteiger partial charge < -0.3 is 0 Å². The van der Waals surface area contributed by atoms with E-state index in [4.69, 9.17) is 0 Å². The molecule has 1 aliphatic carbocycles. The van der Waals surface area contributed by atoms with Crippen molar-refractivity contribution in [1.82, 2.24) is 24.5 Å². The van der Waals surface area contributed by atoms with Gasteiger partial charge in [-0.2, -0.15) is 5.10 Å². The van der Waals surface area contributed by atoms with Crippen molar-refractivity contribution in [3.05, 3.63) is 59.4 Å². The zero-order valence-electron chi connectivity index (χ0n) is 16.7. The molecule has 29 heavy (non-hydrogen) atoms. The molecule has 0 radical (unpaired) electrons. The van der Waals surface area contributed by atoms with E-state index in [1.165, 1.54) is 12.0 Å². The molecule has 152 valence electrons. The highest BCUT2D eigenvalue weighted by Gasteiger charge is 2.20. The quantitative estimate of drug-likeness (QED) is 0.673. The van der Waals surface area contributed by atoms with Crippen LogP contribution in [0.25, 0.3) is 11.1 Å². The van der Waals surface area contributed by atoms with Crippen molar-refractivity contribution in [2.24, 2.45) is 7.05 Å². The molecule has 0 amide bonds. The summed E-state index contributed by atoms with van der Waals surface area (Å²) in [7, 11) is -1.87. The van der Waals surface area contributed by atoms with Crippen LogP contribution < -0.4 is 4.72 Å². The van der Waals surface area contributed by atoms with Crippen LogP contribution in [0.15, 0.2) is 41.6 Å². The number of nitrogens with one attached hydrogen (secondary N) is 1. The van der Waals surface area contributed by atoms with Gasteiger partial charge in [0.15, 0.2) is 0 Å². The summed E-state index contributed by atoms with van der Waals surface area (Å²) in [6.07, 6.45) is 8.29. The van der Waals surface area contributed by atoms with Crippen molar-refractivity contribution >= 4 is 10.0 Å². The number of nitrogens with zero attached hydrogens (tertiary/aromatic N) is 4. The molecule has 0 fully saturated rings. The van der Waals surface area contributed by atoms with Gasteiger partial charge in [0.05, 0.1) is 11.1 Å². The van der Waals surface area contributed by atoms with Crippen LogP contribution >= 0.6 is 0 Å². The molecule has 2 aromatic heterocycles. The van der Waals surface area contributed by atoms with Gasteiger partial charge in [-0.1, -0.05) is 18.2 Å². The van der Waals surface area contributed by atoms with Crippen LogP contribution in [0.4, 0.5) is 0 Å². The molecule has 4 rings (SSSR count). The Balaban J connectivity index is 1.50. The number of sulfonamides is 1. The molecule has 7 nitrogen and oxygen atoms in total. The molecule has 0 bridgehead atoms. The highest BCUT2D eigenvalue weighted by Crippen LogP contribution is 2.26. The van der Waals surface area contributed by atoms with Gasteiger partial charge in [-0.15, -0.1) is 0 Å². The van der Waals surface area contributed by atoms with E-state index in [1.54, 1.807) is 42.3 Å². The van der Waals surface area contributed by atoms with Crippen molar-refractivity contribution in [3.63, 3.8) is 0 Å². The van der Waals surface area contributed by atoms with Crippen LogP contribution in [0.5, 0.6) is 0 Å². The van der Waals surface area contributed by atoms with Gasteiger partial charge in [-0.05, 0) is 44.2 Å². The fraction of sp³-hybridized carbons (Fsp3) is 0.381. The lowest BCUT2D eigenvalue weighted by Crippen LogP contribution is -2.27. The third kappa shape index (κ3) is 4.23. The van der Waals surface area contributed by atoms with Crippen LogP contribution in [0.3, 0.4) is 0 Å². The van der Waals surface area contributed by atoms with Crippen molar-refractivity contribution < 1.29 is 8.42 Å². The molecular formula is C21H25N5O2S. The Morgan fingerprint density at radius 2 is 1.93 bits per heavy atom. The molecule has 8 heteroatoms. The SMILES string of the molecule is Cc1nc(CCNS(=O)(=O)c2ccccc2-c2cnn(C)c2)nc2c1CCCC2. The minimum absolute atomic E-state index is 0.246. The molecule has 1 aliphatic rings. The molecule has 1 aromatic carbocycles. The van der Waals surface area contributed by atoms with Crippen LogP contribution in [0.1, 0.15) is 35.6 Å². The first-order chi connectivity index (χ1) is 13.9. The van der Waals surface area contributed by atoms with E-state index >= 15 is 0 Å². The van der Waals surface area contributed by atoms with Gasteiger partial charge in [-0.3, -0.25) is 4.68 Å². The maximum atomic E-state index is 12.9. The molecule has 0 atom stereocenters. The topological polar surface area (TPSA) is 89.8 Å². The van der Waals surface area contributed by atoms with Crippen molar-refractivity contribution in [2.75, 3.05) is 6.54 Å². The van der Waals surface area contributed by atoms with Crippen LogP contribution in [-0.2, 0) is 36.3 Å². The molecule has 1 N–H and O–H groups in total. The van der Waals surface area contributed by atoms with E-state index in [0.29, 0.717) is 17.8 Å². The van der Waals surface area contributed by atoms with Gasteiger partial charge in [0.25, 0.3) is 0 Å². The maximum absolute atomic E-state index is 12.9. The predicted molar refractivity (Wildman–Crippen MR) is 111 cm³/mol. The second-order valence-corrected chi connectivity index (χ2v) is 9.14. The summed E-state index contributed by atoms with van der Waals surface area (Å²) in [5.41, 5.74) is 4.82. The molecule has 0 spiro atoms. The highest BCUT2D eigenvalue weighted by molar-refractivity contribution is 7.89. The van der Waals surface area contributed by atoms with Gasteiger partial charge in [-0.25, -0.2) is 23.1 Å². The Bertz CT molecular complexity index is 1140. The normalized spacial score (nSPS) is 14.0. The predicted octanol–water partition coefficient (Wildman–Crippen LogP) is 2.59. The first kappa shape index (κ1) is 19.7. The van der Waals surface area contributed by atoms with Crippen molar-refractivity contribution in [3.8, 4) is 11.1 Å². The summed E-state index contributed by atoms with van der Waals surface area (Å²) in [5.74, 6) is 0.700. The van der Waals surface area contributed by atoms with E-state index in [9.17, 15) is 8.42 Å². The minimum atomic E-state index is -3.67. The largest absolute Gasteiger partial charge is 0.275 e. The Kier molecular flexibility index (Phi) is 5.47. The van der Waals surface area contributed by atoms with E-state index < -0.39 is 10.0 Å². The van der Waals surface area contributed by atoms with E-state index in [-0.39, 0.29) is 11.4 Å². The maximum Gasteiger partial charge on any atom is 0.241 e. The van der Waals surface area contributed by atoms with Gasteiger partial charge in [0, 0.05) is 48.7 Å². The Morgan fingerprint density at radius 1 is 1.14 bits per heavy atom. The molecular weight excluding hydrogens is 386 g/mol. The molecule has 3 aromatic rings. The molecule has 0 saturated heterocycles. The molecule has 0 saturated carbocycles.